The van der Waals surface area contributed by atoms with E-state index in [9.17, 15) is 9.59 Å². The standard InChI is InChI=1S/C21H26N4O3S2/c1-2-3-4-5-7-12-25-20(28)16(30-21(25)29)14-15-18(22-10-13-26)23-17-9-6-8-11-24(17)19(15)27/h6,8-9,11,14,22,26H,2-5,7,10,12-13H2,1H3/b16-14+. The molecule has 2 aromatic heterocycles. The maximum atomic E-state index is 13.1. The smallest absolute Gasteiger partial charge is 0.267 e. The first-order valence-corrected chi connectivity index (χ1v) is 11.4. The third-order valence-electron chi connectivity index (χ3n) is 4.81. The van der Waals surface area contributed by atoms with E-state index in [1.807, 2.05) is 0 Å². The van der Waals surface area contributed by atoms with Crippen LogP contribution in [0, 0.1) is 0 Å². The molecular weight excluding hydrogens is 420 g/mol. The van der Waals surface area contributed by atoms with Gasteiger partial charge in [-0.25, -0.2) is 4.98 Å². The van der Waals surface area contributed by atoms with Gasteiger partial charge in [0.15, 0.2) is 0 Å². The van der Waals surface area contributed by atoms with Crippen LogP contribution in [0.25, 0.3) is 11.7 Å². The van der Waals surface area contributed by atoms with E-state index in [0.29, 0.717) is 27.2 Å². The summed E-state index contributed by atoms with van der Waals surface area (Å²) in [6.07, 6.45) is 8.69. The third-order valence-corrected chi connectivity index (χ3v) is 6.19. The number of aliphatic hydroxyl groups is 1. The van der Waals surface area contributed by atoms with E-state index in [1.165, 1.54) is 29.0 Å². The maximum Gasteiger partial charge on any atom is 0.267 e. The molecule has 1 aliphatic rings. The highest BCUT2D eigenvalue weighted by atomic mass is 32.2. The van der Waals surface area contributed by atoms with E-state index in [0.717, 1.165) is 19.3 Å². The number of carbonyl (C=O) groups is 1. The van der Waals surface area contributed by atoms with Gasteiger partial charge in [0.25, 0.3) is 11.5 Å². The molecule has 1 amide bonds. The predicted molar refractivity (Wildman–Crippen MR) is 126 cm³/mol. The zero-order chi connectivity index (χ0) is 21.5. The van der Waals surface area contributed by atoms with Crippen molar-refractivity contribution in [3.8, 4) is 0 Å². The third kappa shape index (κ3) is 5.08. The molecule has 9 heteroatoms. The molecule has 0 bridgehead atoms. The largest absolute Gasteiger partial charge is 0.395 e. The normalized spacial score (nSPS) is 15.5. The zero-order valence-electron chi connectivity index (χ0n) is 17.0. The molecular formula is C21H26N4O3S2. The Morgan fingerprint density at radius 3 is 2.80 bits per heavy atom. The van der Waals surface area contributed by atoms with Gasteiger partial charge in [0.1, 0.15) is 15.8 Å². The number of thiocarbonyl (C=S) groups is 1. The van der Waals surface area contributed by atoms with Crippen molar-refractivity contribution in [3.63, 3.8) is 0 Å². The minimum atomic E-state index is -0.286. The topological polar surface area (TPSA) is 86.9 Å². The van der Waals surface area contributed by atoms with E-state index in [4.69, 9.17) is 17.3 Å². The first kappa shape index (κ1) is 22.5. The number of hydrogen-bond acceptors (Lipinski definition) is 7. The Hall–Kier alpha value is -2.23. The molecule has 30 heavy (non-hydrogen) atoms. The van der Waals surface area contributed by atoms with Gasteiger partial charge in [-0.15, -0.1) is 0 Å². The SMILES string of the molecule is CCCCCCCN1C(=O)/C(=C\c2c(NCCO)nc3ccccn3c2=O)SC1=S. The fraction of sp³-hybridized carbons (Fsp3) is 0.429. The second-order valence-electron chi connectivity index (χ2n) is 7.01. The number of unbranched alkanes of at least 4 members (excludes halogenated alkanes) is 4. The number of thioether (sulfide) groups is 1. The lowest BCUT2D eigenvalue weighted by atomic mass is 10.1. The van der Waals surface area contributed by atoms with Gasteiger partial charge in [0.2, 0.25) is 0 Å². The molecule has 0 aliphatic carbocycles. The first-order chi connectivity index (χ1) is 14.6. The van der Waals surface area contributed by atoms with Gasteiger partial charge in [-0.3, -0.25) is 18.9 Å². The number of rotatable bonds is 10. The van der Waals surface area contributed by atoms with Gasteiger partial charge in [-0.2, -0.15) is 0 Å². The zero-order valence-corrected chi connectivity index (χ0v) is 18.6. The summed E-state index contributed by atoms with van der Waals surface area (Å²) in [4.78, 5) is 32.5. The van der Waals surface area contributed by atoms with Crippen molar-refractivity contribution >= 4 is 51.7 Å². The van der Waals surface area contributed by atoms with Gasteiger partial charge in [0, 0.05) is 19.3 Å². The molecule has 1 aliphatic heterocycles. The summed E-state index contributed by atoms with van der Waals surface area (Å²) in [5, 5.41) is 12.1. The van der Waals surface area contributed by atoms with Gasteiger partial charge >= 0.3 is 0 Å². The second-order valence-corrected chi connectivity index (χ2v) is 8.68. The van der Waals surface area contributed by atoms with Crippen LogP contribution in [0.2, 0.25) is 0 Å². The highest BCUT2D eigenvalue weighted by Crippen LogP contribution is 2.33. The molecule has 0 spiro atoms. The molecule has 3 heterocycles. The number of fused-ring (bicyclic) bond motifs is 1. The summed E-state index contributed by atoms with van der Waals surface area (Å²) in [5.74, 6) is 0.163. The number of pyridine rings is 1. The van der Waals surface area contributed by atoms with Crippen LogP contribution < -0.4 is 10.9 Å². The lowest BCUT2D eigenvalue weighted by Gasteiger charge is -2.14. The van der Waals surface area contributed by atoms with Crippen LogP contribution in [0.3, 0.4) is 0 Å². The number of anilines is 1. The molecule has 2 aromatic rings. The van der Waals surface area contributed by atoms with Crippen molar-refractivity contribution in [1.29, 1.82) is 0 Å². The predicted octanol–water partition coefficient (Wildman–Crippen LogP) is 3.27. The van der Waals surface area contributed by atoms with E-state index >= 15 is 0 Å². The van der Waals surface area contributed by atoms with Crippen LogP contribution in [0.1, 0.15) is 44.6 Å². The van der Waals surface area contributed by atoms with E-state index < -0.39 is 0 Å². The Morgan fingerprint density at radius 1 is 1.23 bits per heavy atom. The second kappa shape index (κ2) is 10.7. The number of amides is 1. The minimum absolute atomic E-state index is 0.102. The molecule has 1 fully saturated rings. The summed E-state index contributed by atoms with van der Waals surface area (Å²) in [6.45, 7) is 2.90. The Kier molecular flexibility index (Phi) is 8.01. The summed E-state index contributed by atoms with van der Waals surface area (Å²) < 4.78 is 1.95. The monoisotopic (exact) mass is 446 g/mol. The molecule has 7 nitrogen and oxygen atoms in total. The average molecular weight is 447 g/mol. The fourth-order valence-electron chi connectivity index (χ4n) is 3.24. The number of carbonyl (C=O) groups excluding carboxylic acids is 1. The number of nitrogens with zero attached hydrogens (tertiary/aromatic N) is 3. The molecule has 0 radical (unpaired) electrons. The van der Waals surface area contributed by atoms with Crippen molar-refractivity contribution in [2.75, 3.05) is 25.0 Å². The summed E-state index contributed by atoms with van der Waals surface area (Å²) in [7, 11) is 0. The van der Waals surface area contributed by atoms with Crippen LogP contribution >= 0.6 is 24.0 Å². The molecule has 2 N–H and O–H groups in total. The highest BCUT2D eigenvalue weighted by Gasteiger charge is 2.32. The summed E-state index contributed by atoms with van der Waals surface area (Å²) in [5.41, 5.74) is 0.473. The summed E-state index contributed by atoms with van der Waals surface area (Å²) in [6, 6.07) is 5.27. The molecule has 1 saturated heterocycles. The van der Waals surface area contributed by atoms with Gasteiger partial charge in [-0.05, 0) is 24.6 Å². The van der Waals surface area contributed by atoms with Crippen LogP contribution in [0.4, 0.5) is 5.82 Å². The number of aliphatic hydroxyl groups excluding tert-OH is 1. The van der Waals surface area contributed by atoms with Crippen molar-refractivity contribution in [3.05, 3.63) is 45.2 Å². The van der Waals surface area contributed by atoms with Gasteiger partial charge in [-0.1, -0.05) is 62.7 Å². The molecule has 3 rings (SSSR count). The maximum absolute atomic E-state index is 13.1. The lowest BCUT2D eigenvalue weighted by Crippen LogP contribution is -2.29. The van der Waals surface area contributed by atoms with Crippen LogP contribution in [-0.4, -0.2) is 49.3 Å². The molecule has 160 valence electrons. The van der Waals surface area contributed by atoms with E-state index in [1.54, 1.807) is 35.4 Å². The van der Waals surface area contributed by atoms with E-state index in [2.05, 4.69) is 17.2 Å². The Morgan fingerprint density at radius 2 is 2.03 bits per heavy atom. The average Bonchev–Trinajstić information content (AvgIpc) is 3.01. The highest BCUT2D eigenvalue weighted by molar-refractivity contribution is 8.26. The fourth-order valence-corrected chi connectivity index (χ4v) is 4.53. The number of nitrogens with one attached hydrogen (secondary N) is 1. The van der Waals surface area contributed by atoms with Crippen LogP contribution in [-0.2, 0) is 4.79 Å². The quantitative estimate of drug-likeness (QED) is 0.329. The van der Waals surface area contributed by atoms with Crippen LogP contribution in [0.15, 0.2) is 34.1 Å². The van der Waals surface area contributed by atoms with Crippen molar-refractivity contribution < 1.29 is 9.90 Å². The Bertz CT molecular complexity index is 1020. The van der Waals surface area contributed by atoms with Crippen LogP contribution in [0.5, 0.6) is 0 Å². The number of hydrogen-bond donors (Lipinski definition) is 2. The van der Waals surface area contributed by atoms with Crippen molar-refractivity contribution in [2.45, 2.75) is 39.0 Å². The number of aromatic nitrogens is 2. The first-order valence-electron chi connectivity index (χ1n) is 10.2. The van der Waals surface area contributed by atoms with Gasteiger partial charge < -0.3 is 10.4 Å². The summed E-state index contributed by atoms with van der Waals surface area (Å²) >= 11 is 6.61. The molecule has 0 unspecified atom stereocenters. The Balaban J connectivity index is 1.88. The van der Waals surface area contributed by atoms with Crippen molar-refractivity contribution in [1.82, 2.24) is 14.3 Å². The van der Waals surface area contributed by atoms with E-state index in [-0.39, 0.29) is 30.2 Å². The van der Waals surface area contributed by atoms with Crippen molar-refractivity contribution in [2.24, 2.45) is 0 Å². The minimum Gasteiger partial charge on any atom is -0.395 e. The molecule has 0 atom stereocenters. The van der Waals surface area contributed by atoms with Gasteiger partial charge in [0.05, 0.1) is 17.1 Å². The molecule has 0 saturated carbocycles. The molecule has 0 aromatic carbocycles. The Labute approximate surface area is 185 Å². The lowest BCUT2D eigenvalue weighted by molar-refractivity contribution is -0.122.